The molecule has 1 aliphatic rings. The number of hydrogen-bond acceptors (Lipinski definition) is 2. The molecule has 2 aromatic carbocycles. The minimum atomic E-state index is 0.251. The largest absolute Gasteiger partial charge is 0.384 e. The van der Waals surface area contributed by atoms with Crippen LogP contribution in [0, 0.1) is 0 Å². The van der Waals surface area contributed by atoms with Gasteiger partial charge in [0.15, 0.2) is 0 Å². The lowest BCUT2D eigenvalue weighted by Crippen LogP contribution is -2.32. The Morgan fingerprint density at radius 2 is 1.67 bits per heavy atom. The number of nitrogens with zero attached hydrogens (tertiary/aromatic N) is 1. The Morgan fingerprint density at radius 1 is 1.00 bits per heavy atom. The van der Waals surface area contributed by atoms with Crippen LogP contribution in [0.1, 0.15) is 45.2 Å². The normalized spacial score (nSPS) is 18.5. The average molecular weight is 325 g/mol. The average Bonchev–Trinajstić information content (AvgIpc) is 2.99. The molecule has 1 heterocycles. The van der Waals surface area contributed by atoms with Crippen LogP contribution in [0.25, 0.3) is 0 Å². The second kappa shape index (κ2) is 8.89. The second-order valence-electron chi connectivity index (χ2n) is 6.56. The molecular formula is C22H32N2. The lowest BCUT2D eigenvalue weighted by atomic mass is 9.81. The first kappa shape index (κ1) is 18.5. The van der Waals surface area contributed by atoms with Crippen molar-refractivity contribution in [1.29, 1.82) is 0 Å². The van der Waals surface area contributed by atoms with Crippen LogP contribution in [-0.2, 0) is 12.0 Å². The smallest absolute Gasteiger partial charge is 0.0379 e. The van der Waals surface area contributed by atoms with Crippen molar-refractivity contribution in [2.75, 3.05) is 25.0 Å². The molecular weight excluding hydrogens is 292 g/mol. The van der Waals surface area contributed by atoms with Crippen LogP contribution >= 0.6 is 0 Å². The Balaban J connectivity index is 0.00000100. The molecule has 24 heavy (non-hydrogen) atoms. The molecule has 0 bridgehead atoms. The zero-order valence-corrected chi connectivity index (χ0v) is 15.7. The van der Waals surface area contributed by atoms with Crippen molar-refractivity contribution in [2.45, 2.75) is 46.1 Å². The van der Waals surface area contributed by atoms with Crippen LogP contribution in [0.5, 0.6) is 0 Å². The zero-order valence-electron chi connectivity index (χ0n) is 15.7. The fourth-order valence-electron chi connectivity index (χ4n) is 3.37. The maximum Gasteiger partial charge on any atom is 0.0379 e. The van der Waals surface area contributed by atoms with Crippen molar-refractivity contribution in [3.63, 3.8) is 0 Å². The Bertz CT molecular complexity index is 608. The summed E-state index contributed by atoms with van der Waals surface area (Å²) in [6.07, 6.45) is 1.19. The van der Waals surface area contributed by atoms with E-state index in [1.807, 2.05) is 13.8 Å². The number of anilines is 1. The van der Waals surface area contributed by atoms with Crippen LogP contribution in [-0.4, -0.2) is 24.5 Å². The van der Waals surface area contributed by atoms with Crippen molar-refractivity contribution >= 4 is 5.69 Å². The zero-order chi connectivity index (χ0) is 17.4. The predicted molar refractivity (Wildman–Crippen MR) is 106 cm³/mol. The summed E-state index contributed by atoms with van der Waals surface area (Å²) in [5.74, 6) is 0. The van der Waals surface area contributed by atoms with Crippen molar-refractivity contribution in [1.82, 2.24) is 4.90 Å². The fraction of sp³-hybridized carbons (Fsp3) is 0.455. The van der Waals surface area contributed by atoms with Gasteiger partial charge in [0.05, 0.1) is 0 Å². The lowest BCUT2D eigenvalue weighted by molar-refractivity contribution is 0.251. The van der Waals surface area contributed by atoms with Crippen molar-refractivity contribution in [3.05, 3.63) is 65.7 Å². The van der Waals surface area contributed by atoms with Crippen molar-refractivity contribution < 1.29 is 0 Å². The Morgan fingerprint density at radius 3 is 2.38 bits per heavy atom. The van der Waals surface area contributed by atoms with Crippen LogP contribution < -0.4 is 5.32 Å². The van der Waals surface area contributed by atoms with Gasteiger partial charge in [-0.2, -0.15) is 0 Å². The number of para-hydroxylation sites is 1. The highest BCUT2D eigenvalue weighted by Gasteiger charge is 2.33. The monoisotopic (exact) mass is 324 g/mol. The second-order valence-corrected chi connectivity index (χ2v) is 6.56. The first-order valence-electron chi connectivity index (χ1n) is 9.31. The standard InChI is InChI=1S/C20H26N2.C2H6/c1-3-22(15-17-9-5-4-6-10-17)14-13-20(2)16-21-19-12-8-7-11-18(19)20;1-2/h4-12,21H,3,13-16H2,1-2H3;1-2H3. The minimum Gasteiger partial charge on any atom is -0.384 e. The van der Waals surface area contributed by atoms with Crippen LogP contribution in [0.2, 0.25) is 0 Å². The van der Waals surface area contributed by atoms with E-state index >= 15 is 0 Å². The molecule has 1 atom stereocenters. The molecule has 2 heteroatoms. The third kappa shape index (κ3) is 4.39. The maximum absolute atomic E-state index is 3.56. The lowest BCUT2D eigenvalue weighted by Gasteiger charge is -2.29. The molecule has 0 saturated heterocycles. The van der Waals surface area contributed by atoms with Gasteiger partial charge in [-0.05, 0) is 36.7 Å². The van der Waals surface area contributed by atoms with Gasteiger partial charge in [0, 0.05) is 24.2 Å². The highest BCUT2D eigenvalue weighted by molar-refractivity contribution is 5.59. The van der Waals surface area contributed by atoms with E-state index in [-0.39, 0.29) is 5.41 Å². The molecule has 0 spiro atoms. The van der Waals surface area contributed by atoms with Gasteiger partial charge in [-0.25, -0.2) is 0 Å². The Kier molecular flexibility index (Phi) is 6.86. The molecule has 0 amide bonds. The van der Waals surface area contributed by atoms with E-state index < -0.39 is 0 Å². The number of rotatable bonds is 6. The van der Waals surface area contributed by atoms with Gasteiger partial charge in [-0.3, -0.25) is 4.90 Å². The summed E-state index contributed by atoms with van der Waals surface area (Å²) in [5, 5.41) is 3.56. The fourth-order valence-corrected chi connectivity index (χ4v) is 3.37. The first-order valence-corrected chi connectivity index (χ1v) is 9.31. The van der Waals surface area contributed by atoms with Gasteiger partial charge in [0.1, 0.15) is 0 Å². The van der Waals surface area contributed by atoms with Gasteiger partial charge in [0.2, 0.25) is 0 Å². The SMILES string of the molecule is CC.CCN(CCC1(C)CNc2ccccc21)Cc1ccccc1. The summed E-state index contributed by atoms with van der Waals surface area (Å²) < 4.78 is 0. The molecule has 0 aliphatic carbocycles. The molecule has 1 unspecified atom stereocenters. The van der Waals surface area contributed by atoms with E-state index in [1.54, 1.807) is 0 Å². The molecule has 1 N–H and O–H groups in total. The molecule has 2 nitrogen and oxygen atoms in total. The van der Waals surface area contributed by atoms with E-state index in [0.717, 1.165) is 26.2 Å². The van der Waals surface area contributed by atoms with Gasteiger partial charge in [-0.15, -0.1) is 0 Å². The van der Waals surface area contributed by atoms with Gasteiger partial charge in [-0.1, -0.05) is 76.2 Å². The van der Waals surface area contributed by atoms with Crippen LogP contribution in [0.4, 0.5) is 5.69 Å². The summed E-state index contributed by atoms with van der Waals surface area (Å²) in [7, 11) is 0. The maximum atomic E-state index is 3.56. The topological polar surface area (TPSA) is 15.3 Å². The third-order valence-corrected chi connectivity index (χ3v) is 4.92. The van der Waals surface area contributed by atoms with E-state index in [4.69, 9.17) is 0 Å². The third-order valence-electron chi connectivity index (χ3n) is 4.92. The van der Waals surface area contributed by atoms with E-state index in [9.17, 15) is 0 Å². The Hall–Kier alpha value is -1.80. The molecule has 2 aromatic rings. The summed E-state index contributed by atoms with van der Waals surface area (Å²) in [6, 6.07) is 19.5. The minimum absolute atomic E-state index is 0.251. The number of hydrogen-bond donors (Lipinski definition) is 1. The van der Waals surface area contributed by atoms with Gasteiger partial charge >= 0.3 is 0 Å². The summed E-state index contributed by atoms with van der Waals surface area (Å²) in [5.41, 5.74) is 4.45. The van der Waals surface area contributed by atoms with E-state index in [1.165, 1.54) is 23.2 Å². The van der Waals surface area contributed by atoms with Gasteiger partial charge < -0.3 is 5.32 Å². The first-order chi connectivity index (χ1) is 11.7. The molecule has 130 valence electrons. The summed E-state index contributed by atoms with van der Waals surface area (Å²) >= 11 is 0. The predicted octanol–water partition coefficient (Wildman–Crippen LogP) is 5.31. The quantitative estimate of drug-likeness (QED) is 0.775. The number of benzene rings is 2. The summed E-state index contributed by atoms with van der Waals surface area (Å²) in [4.78, 5) is 2.54. The molecule has 0 aromatic heterocycles. The molecule has 0 fully saturated rings. The molecule has 0 radical (unpaired) electrons. The van der Waals surface area contributed by atoms with E-state index in [2.05, 4.69) is 78.7 Å². The van der Waals surface area contributed by atoms with Crippen molar-refractivity contribution in [3.8, 4) is 0 Å². The number of nitrogens with one attached hydrogen (secondary N) is 1. The molecule has 3 rings (SSSR count). The van der Waals surface area contributed by atoms with Gasteiger partial charge in [0.25, 0.3) is 0 Å². The van der Waals surface area contributed by atoms with E-state index in [0.29, 0.717) is 0 Å². The highest BCUT2D eigenvalue weighted by Crippen LogP contribution is 2.38. The summed E-state index contributed by atoms with van der Waals surface area (Å²) in [6.45, 7) is 13.0. The molecule has 0 saturated carbocycles. The molecule has 1 aliphatic heterocycles. The van der Waals surface area contributed by atoms with Crippen LogP contribution in [0.3, 0.4) is 0 Å². The highest BCUT2D eigenvalue weighted by atomic mass is 15.1. The van der Waals surface area contributed by atoms with Crippen LogP contribution in [0.15, 0.2) is 54.6 Å². The number of fused-ring (bicyclic) bond motifs is 1. The van der Waals surface area contributed by atoms with Crippen molar-refractivity contribution in [2.24, 2.45) is 0 Å². The Labute approximate surface area is 147 Å².